The Morgan fingerprint density at radius 2 is 1.79 bits per heavy atom. The Morgan fingerprint density at radius 1 is 1.07 bits per heavy atom. The van der Waals surface area contributed by atoms with E-state index in [0.29, 0.717) is 28.9 Å². The van der Waals surface area contributed by atoms with Gasteiger partial charge in [0.15, 0.2) is 0 Å². The van der Waals surface area contributed by atoms with E-state index in [0.717, 1.165) is 5.56 Å². The number of carbonyl (C=O) groups is 1. The van der Waals surface area contributed by atoms with Gasteiger partial charge in [-0.1, -0.05) is 17.7 Å². The largest absolute Gasteiger partial charge is 0.491 e. The van der Waals surface area contributed by atoms with Crippen molar-refractivity contribution in [2.75, 3.05) is 13.2 Å². The molecular weight excluding hydrogens is 372 g/mol. The van der Waals surface area contributed by atoms with Gasteiger partial charge >= 0.3 is 11.7 Å². The molecule has 0 radical (unpaired) electrons. The number of imidazole rings is 1. The maximum Gasteiger partial charge on any atom is 0.338 e. The van der Waals surface area contributed by atoms with Crippen LogP contribution in [0.1, 0.15) is 29.8 Å². The SMILES string of the molecule is CCOC(=O)c1ccc2c(c1)n(CC(O)COc1ccc(C)cc1)c(=O)n2CC. The number of aliphatic hydroxyl groups excluding tert-OH is 1. The van der Waals surface area contributed by atoms with E-state index in [1.165, 1.54) is 4.57 Å². The number of esters is 1. The number of nitrogens with zero attached hydrogens (tertiary/aromatic N) is 2. The Morgan fingerprint density at radius 3 is 2.45 bits per heavy atom. The zero-order valence-electron chi connectivity index (χ0n) is 16.9. The second-order valence-corrected chi connectivity index (χ2v) is 6.84. The van der Waals surface area contributed by atoms with Gasteiger partial charge in [0.05, 0.1) is 29.7 Å². The summed E-state index contributed by atoms with van der Waals surface area (Å²) < 4.78 is 13.8. The number of aromatic nitrogens is 2. The molecule has 29 heavy (non-hydrogen) atoms. The number of aryl methyl sites for hydroxylation is 2. The second kappa shape index (κ2) is 8.96. The highest BCUT2D eigenvalue weighted by molar-refractivity contribution is 5.93. The fourth-order valence-electron chi connectivity index (χ4n) is 3.23. The quantitative estimate of drug-likeness (QED) is 0.590. The van der Waals surface area contributed by atoms with E-state index >= 15 is 0 Å². The van der Waals surface area contributed by atoms with Gasteiger partial charge in [0, 0.05) is 6.54 Å². The van der Waals surface area contributed by atoms with E-state index < -0.39 is 12.1 Å². The zero-order chi connectivity index (χ0) is 21.0. The van der Waals surface area contributed by atoms with Crippen LogP contribution >= 0.6 is 0 Å². The summed E-state index contributed by atoms with van der Waals surface area (Å²) in [4.78, 5) is 24.9. The van der Waals surface area contributed by atoms with Crippen molar-refractivity contribution in [3.8, 4) is 5.75 Å². The van der Waals surface area contributed by atoms with Crippen LogP contribution in [-0.2, 0) is 17.8 Å². The monoisotopic (exact) mass is 398 g/mol. The lowest BCUT2D eigenvalue weighted by atomic mass is 10.2. The normalized spacial score (nSPS) is 12.1. The van der Waals surface area contributed by atoms with Gasteiger partial charge in [-0.05, 0) is 51.1 Å². The molecule has 2 aromatic carbocycles. The molecule has 1 unspecified atom stereocenters. The third kappa shape index (κ3) is 4.51. The molecule has 1 aromatic heterocycles. The van der Waals surface area contributed by atoms with Gasteiger partial charge in [-0.25, -0.2) is 9.59 Å². The lowest BCUT2D eigenvalue weighted by Crippen LogP contribution is -2.31. The highest BCUT2D eigenvalue weighted by Gasteiger charge is 2.18. The fraction of sp³-hybridized carbons (Fsp3) is 0.364. The molecule has 154 valence electrons. The van der Waals surface area contributed by atoms with Crippen molar-refractivity contribution >= 4 is 17.0 Å². The van der Waals surface area contributed by atoms with Crippen molar-refractivity contribution in [2.45, 2.75) is 40.0 Å². The predicted molar refractivity (Wildman–Crippen MR) is 111 cm³/mol. The second-order valence-electron chi connectivity index (χ2n) is 6.84. The number of hydrogen-bond acceptors (Lipinski definition) is 5. The van der Waals surface area contributed by atoms with E-state index in [2.05, 4.69) is 0 Å². The molecular formula is C22H26N2O5. The van der Waals surface area contributed by atoms with Crippen LogP contribution in [0.3, 0.4) is 0 Å². The number of rotatable bonds is 8. The maximum atomic E-state index is 12.8. The summed E-state index contributed by atoms with van der Waals surface area (Å²) in [7, 11) is 0. The molecule has 3 aromatic rings. The van der Waals surface area contributed by atoms with Crippen molar-refractivity contribution in [3.63, 3.8) is 0 Å². The number of ether oxygens (including phenoxy) is 2. The van der Waals surface area contributed by atoms with Gasteiger partial charge in [-0.2, -0.15) is 0 Å². The maximum absolute atomic E-state index is 12.8. The first kappa shape index (κ1) is 20.7. The molecule has 0 aliphatic carbocycles. The van der Waals surface area contributed by atoms with E-state index in [4.69, 9.17) is 9.47 Å². The minimum atomic E-state index is -0.892. The van der Waals surface area contributed by atoms with Gasteiger partial charge in [0.2, 0.25) is 0 Å². The van der Waals surface area contributed by atoms with Crippen molar-refractivity contribution in [1.29, 1.82) is 0 Å². The van der Waals surface area contributed by atoms with Crippen LogP contribution in [0.2, 0.25) is 0 Å². The third-order valence-electron chi connectivity index (χ3n) is 4.70. The molecule has 1 N–H and O–H groups in total. The van der Waals surface area contributed by atoms with E-state index in [1.54, 1.807) is 29.7 Å². The molecule has 0 aliphatic heterocycles. The van der Waals surface area contributed by atoms with Gasteiger partial charge in [-0.15, -0.1) is 0 Å². The highest BCUT2D eigenvalue weighted by Crippen LogP contribution is 2.18. The van der Waals surface area contributed by atoms with Crippen LogP contribution in [0.4, 0.5) is 0 Å². The molecule has 0 saturated carbocycles. The summed E-state index contributed by atoms with van der Waals surface area (Å²) in [5.41, 5.74) is 2.54. The van der Waals surface area contributed by atoms with Crippen LogP contribution in [-0.4, -0.2) is 39.5 Å². The standard InChI is InChI=1S/C22H26N2O5/c1-4-23-19-11-8-16(21(26)28-5-2)12-20(19)24(22(23)27)13-17(25)14-29-18-9-6-15(3)7-10-18/h6-12,17,25H,4-5,13-14H2,1-3H3. The summed E-state index contributed by atoms with van der Waals surface area (Å²) >= 11 is 0. The molecule has 0 aliphatic rings. The van der Waals surface area contributed by atoms with Crippen LogP contribution in [0.25, 0.3) is 11.0 Å². The van der Waals surface area contributed by atoms with Crippen molar-refractivity contribution < 1.29 is 19.4 Å². The lowest BCUT2D eigenvalue weighted by molar-refractivity contribution is 0.0526. The molecule has 7 nitrogen and oxygen atoms in total. The topological polar surface area (TPSA) is 82.7 Å². The summed E-state index contributed by atoms with van der Waals surface area (Å²) in [5.74, 6) is 0.212. The van der Waals surface area contributed by atoms with Gasteiger partial charge < -0.3 is 14.6 Å². The highest BCUT2D eigenvalue weighted by atomic mass is 16.5. The Balaban J connectivity index is 1.85. The third-order valence-corrected chi connectivity index (χ3v) is 4.70. The first-order chi connectivity index (χ1) is 13.9. The molecule has 1 atom stereocenters. The van der Waals surface area contributed by atoms with Crippen molar-refractivity contribution in [1.82, 2.24) is 9.13 Å². The lowest BCUT2D eigenvalue weighted by Gasteiger charge is -2.13. The first-order valence-corrected chi connectivity index (χ1v) is 9.72. The minimum absolute atomic E-state index is 0.0475. The Bertz CT molecular complexity index is 1050. The Labute approximate surface area is 169 Å². The summed E-state index contributed by atoms with van der Waals surface area (Å²) in [6.07, 6.45) is -0.892. The summed E-state index contributed by atoms with van der Waals surface area (Å²) in [6.45, 7) is 6.46. The summed E-state index contributed by atoms with van der Waals surface area (Å²) in [5, 5.41) is 10.5. The molecule has 3 rings (SSSR count). The molecule has 0 spiro atoms. The molecule has 1 heterocycles. The van der Waals surface area contributed by atoms with Crippen molar-refractivity contribution in [3.05, 3.63) is 64.1 Å². The molecule has 7 heteroatoms. The predicted octanol–water partition coefficient (Wildman–Crippen LogP) is 2.75. The Kier molecular flexibility index (Phi) is 6.39. The molecule has 0 fully saturated rings. The number of hydrogen-bond donors (Lipinski definition) is 1. The van der Waals surface area contributed by atoms with Crippen LogP contribution in [0.15, 0.2) is 47.3 Å². The van der Waals surface area contributed by atoms with Gasteiger partial charge in [0.25, 0.3) is 0 Å². The molecule has 0 bridgehead atoms. The fourth-order valence-corrected chi connectivity index (χ4v) is 3.23. The minimum Gasteiger partial charge on any atom is -0.491 e. The van der Waals surface area contributed by atoms with Gasteiger partial charge in [-0.3, -0.25) is 9.13 Å². The van der Waals surface area contributed by atoms with Gasteiger partial charge in [0.1, 0.15) is 18.5 Å². The molecule has 0 saturated heterocycles. The average molecular weight is 398 g/mol. The van der Waals surface area contributed by atoms with Crippen LogP contribution in [0.5, 0.6) is 5.75 Å². The van der Waals surface area contributed by atoms with Crippen LogP contribution in [0, 0.1) is 6.92 Å². The number of carbonyl (C=O) groups excluding carboxylic acids is 1. The number of aliphatic hydroxyl groups is 1. The Hall–Kier alpha value is -3.06. The van der Waals surface area contributed by atoms with E-state index in [-0.39, 0.29) is 25.4 Å². The summed E-state index contributed by atoms with van der Waals surface area (Å²) in [6, 6.07) is 12.5. The van der Waals surface area contributed by atoms with E-state index in [1.807, 2.05) is 38.1 Å². The first-order valence-electron chi connectivity index (χ1n) is 9.72. The zero-order valence-corrected chi connectivity index (χ0v) is 16.9. The molecule has 0 amide bonds. The van der Waals surface area contributed by atoms with Crippen LogP contribution < -0.4 is 10.4 Å². The number of benzene rings is 2. The van der Waals surface area contributed by atoms with E-state index in [9.17, 15) is 14.7 Å². The smallest absolute Gasteiger partial charge is 0.338 e. The van der Waals surface area contributed by atoms with Crippen molar-refractivity contribution in [2.24, 2.45) is 0 Å². The number of fused-ring (bicyclic) bond motifs is 1. The average Bonchev–Trinajstić information content (AvgIpc) is 2.98.